The van der Waals surface area contributed by atoms with Crippen LogP contribution >= 0.6 is 11.6 Å². The summed E-state index contributed by atoms with van der Waals surface area (Å²) >= 11 is 6.00. The lowest BCUT2D eigenvalue weighted by atomic mass is 9.93. The number of rotatable bonds is 3. The van der Waals surface area contributed by atoms with Gasteiger partial charge in [0.2, 0.25) is 5.91 Å². The third-order valence-corrected chi connectivity index (χ3v) is 5.87. The van der Waals surface area contributed by atoms with Crippen molar-refractivity contribution in [2.75, 3.05) is 32.7 Å². The Hall–Kier alpha value is -1.76. The van der Waals surface area contributed by atoms with E-state index in [0.29, 0.717) is 30.6 Å². The molecule has 0 N–H and O–H groups in total. The fourth-order valence-electron chi connectivity index (χ4n) is 4.29. The molecule has 4 rings (SSSR count). The van der Waals surface area contributed by atoms with E-state index >= 15 is 0 Å². The minimum Gasteiger partial charge on any atom is -0.372 e. The molecule has 2 saturated heterocycles. The molecule has 6 nitrogen and oxygen atoms in total. The van der Waals surface area contributed by atoms with Crippen molar-refractivity contribution < 1.29 is 9.53 Å². The Labute approximate surface area is 170 Å². The zero-order valence-corrected chi connectivity index (χ0v) is 17.2. The quantitative estimate of drug-likeness (QED) is 0.789. The van der Waals surface area contributed by atoms with Gasteiger partial charge in [-0.2, -0.15) is 0 Å². The Morgan fingerprint density at radius 1 is 1.21 bits per heavy atom. The number of likely N-dealkylation sites (tertiary alicyclic amines) is 1. The minimum atomic E-state index is 0.112. The van der Waals surface area contributed by atoms with Crippen molar-refractivity contribution in [2.24, 2.45) is 0 Å². The van der Waals surface area contributed by atoms with Gasteiger partial charge in [-0.15, -0.1) is 0 Å². The highest BCUT2D eigenvalue weighted by Crippen LogP contribution is 2.28. The molecule has 0 spiro atoms. The molecule has 2 fully saturated rings. The SMILES string of the molecule is CC1CN(C(=O)CN2CCC(c3ccc4cc(Cl)cnc4n3)CC2)CC(C)O1. The summed E-state index contributed by atoms with van der Waals surface area (Å²) in [5, 5.41) is 1.59. The van der Waals surface area contributed by atoms with Crippen molar-refractivity contribution in [3.8, 4) is 0 Å². The Morgan fingerprint density at radius 3 is 2.64 bits per heavy atom. The number of hydrogen-bond donors (Lipinski definition) is 0. The molecule has 4 heterocycles. The molecular formula is C21H27ClN4O2. The number of nitrogens with zero attached hydrogens (tertiary/aromatic N) is 4. The van der Waals surface area contributed by atoms with Crippen LogP contribution in [0.25, 0.3) is 11.0 Å². The van der Waals surface area contributed by atoms with Crippen molar-refractivity contribution in [1.82, 2.24) is 19.8 Å². The van der Waals surface area contributed by atoms with Crippen LogP contribution in [-0.2, 0) is 9.53 Å². The molecule has 150 valence electrons. The van der Waals surface area contributed by atoms with Gasteiger partial charge in [-0.25, -0.2) is 9.97 Å². The summed E-state index contributed by atoms with van der Waals surface area (Å²) in [6.45, 7) is 7.77. The summed E-state index contributed by atoms with van der Waals surface area (Å²) < 4.78 is 5.73. The number of hydrogen-bond acceptors (Lipinski definition) is 5. The van der Waals surface area contributed by atoms with Gasteiger partial charge in [0.05, 0.1) is 23.8 Å². The highest BCUT2D eigenvalue weighted by Gasteiger charge is 2.28. The first-order valence-electron chi connectivity index (χ1n) is 10.1. The molecule has 0 aromatic carbocycles. The van der Waals surface area contributed by atoms with Crippen LogP contribution < -0.4 is 0 Å². The molecule has 7 heteroatoms. The Kier molecular flexibility index (Phi) is 5.80. The van der Waals surface area contributed by atoms with E-state index in [1.807, 2.05) is 30.9 Å². The number of pyridine rings is 2. The van der Waals surface area contributed by atoms with Gasteiger partial charge in [0.1, 0.15) is 0 Å². The predicted octanol–water partition coefficient (Wildman–Crippen LogP) is 3.10. The van der Waals surface area contributed by atoms with Gasteiger partial charge >= 0.3 is 0 Å². The fraction of sp³-hybridized carbons (Fsp3) is 0.571. The van der Waals surface area contributed by atoms with E-state index in [1.165, 1.54) is 0 Å². The van der Waals surface area contributed by atoms with Gasteiger partial charge in [-0.3, -0.25) is 9.69 Å². The maximum atomic E-state index is 12.7. The van der Waals surface area contributed by atoms with Gasteiger partial charge in [-0.1, -0.05) is 11.6 Å². The summed E-state index contributed by atoms with van der Waals surface area (Å²) in [6, 6.07) is 6.03. The maximum absolute atomic E-state index is 12.7. The third kappa shape index (κ3) is 4.45. The maximum Gasteiger partial charge on any atom is 0.236 e. The number of fused-ring (bicyclic) bond motifs is 1. The molecule has 2 aliphatic rings. The molecule has 28 heavy (non-hydrogen) atoms. The monoisotopic (exact) mass is 402 g/mol. The number of piperidine rings is 1. The smallest absolute Gasteiger partial charge is 0.236 e. The largest absolute Gasteiger partial charge is 0.372 e. The zero-order valence-electron chi connectivity index (χ0n) is 16.5. The van der Waals surface area contributed by atoms with Crippen LogP contribution in [0.5, 0.6) is 0 Å². The van der Waals surface area contributed by atoms with Crippen LogP contribution in [0.1, 0.15) is 38.3 Å². The summed E-state index contributed by atoms with van der Waals surface area (Å²) in [4.78, 5) is 26.0. The molecule has 2 aliphatic heterocycles. The Bertz CT molecular complexity index is 843. The number of ether oxygens (including phenoxy) is 1. The van der Waals surface area contributed by atoms with Gasteiger partial charge in [0, 0.05) is 36.3 Å². The van der Waals surface area contributed by atoms with Crippen molar-refractivity contribution in [3.05, 3.63) is 35.1 Å². The number of halogens is 1. The zero-order chi connectivity index (χ0) is 19.7. The summed E-state index contributed by atoms with van der Waals surface area (Å²) in [7, 11) is 0. The summed E-state index contributed by atoms with van der Waals surface area (Å²) in [5.41, 5.74) is 1.83. The fourth-order valence-corrected chi connectivity index (χ4v) is 4.45. The standard InChI is InChI=1S/C21H27ClN4O2/c1-14-11-26(12-15(2)28-14)20(27)13-25-7-5-16(6-8-25)19-4-3-17-9-18(22)10-23-21(17)24-19/h3-4,9-10,14-16H,5-8,11-13H2,1-2H3. The normalized spacial score (nSPS) is 24.6. The molecule has 0 saturated carbocycles. The van der Waals surface area contributed by atoms with Crippen molar-refractivity contribution in [2.45, 2.75) is 44.8 Å². The number of morpholine rings is 1. The van der Waals surface area contributed by atoms with Crippen LogP contribution in [0.3, 0.4) is 0 Å². The van der Waals surface area contributed by atoms with E-state index in [-0.39, 0.29) is 18.1 Å². The first-order valence-corrected chi connectivity index (χ1v) is 10.4. The van der Waals surface area contributed by atoms with E-state index in [0.717, 1.165) is 42.7 Å². The average molecular weight is 403 g/mol. The topological polar surface area (TPSA) is 58.6 Å². The van der Waals surface area contributed by atoms with E-state index in [9.17, 15) is 4.79 Å². The molecular weight excluding hydrogens is 376 g/mol. The van der Waals surface area contributed by atoms with E-state index in [4.69, 9.17) is 21.3 Å². The lowest BCUT2D eigenvalue weighted by Gasteiger charge is -2.37. The first-order chi connectivity index (χ1) is 13.5. The summed E-state index contributed by atoms with van der Waals surface area (Å²) in [5.74, 6) is 0.627. The van der Waals surface area contributed by atoms with Gasteiger partial charge < -0.3 is 9.64 Å². The van der Waals surface area contributed by atoms with Gasteiger partial charge in [0.25, 0.3) is 0 Å². The molecule has 2 aromatic heterocycles. The highest BCUT2D eigenvalue weighted by atomic mass is 35.5. The van der Waals surface area contributed by atoms with Crippen LogP contribution in [0.15, 0.2) is 24.4 Å². The number of carbonyl (C=O) groups excluding carboxylic acids is 1. The van der Waals surface area contributed by atoms with Crippen molar-refractivity contribution >= 4 is 28.5 Å². The molecule has 2 unspecified atom stereocenters. The van der Waals surface area contributed by atoms with Crippen LogP contribution in [0, 0.1) is 0 Å². The van der Waals surface area contributed by atoms with E-state index in [1.54, 1.807) is 6.20 Å². The highest BCUT2D eigenvalue weighted by molar-refractivity contribution is 6.31. The Morgan fingerprint density at radius 2 is 1.93 bits per heavy atom. The average Bonchev–Trinajstić information content (AvgIpc) is 2.67. The third-order valence-electron chi connectivity index (χ3n) is 5.67. The van der Waals surface area contributed by atoms with Crippen LogP contribution in [0.2, 0.25) is 5.02 Å². The molecule has 2 atom stereocenters. The van der Waals surface area contributed by atoms with Crippen molar-refractivity contribution in [1.29, 1.82) is 0 Å². The molecule has 1 amide bonds. The molecule has 0 bridgehead atoms. The Balaban J connectivity index is 1.33. The second-order valence-corrected chi connectivity index (χ2v) is 8.48. The number of carbonyl (C=O) groups is 1. The van der Waals surface area contributed by atoms with Gasteiger partial charge in [-0.05, 0) is 58.0 Å². The lowest BCUT2D eigenvalue weighted by Crippen LogP contribution is -2.51. The second kappa shape index (κ2) is 8.31. The second-order valence-electron chi connectivity index (χ2n) is 8.04. The van der Waals surface area contributed by atoms with Crippen LogP contribution in [-0.4, -0.2) is 70.6 Å². The lowest BCUT2D eigenvalue weighted by molar-refractivity contribution is -0.144. The molecule has 0 aliphatic carbocycles. The van der Waals surface area contributed by atoms with E-state index in [2.05, 4.69) is 16.0 Å². The summed E-state index contributed by atoms with van der Waals surface area (Å²) in [6.07, 6.45) is 3.88. The number of amides is 1. The van der Waals surface area contributed by atoms with Gasteiger partial charge in [0.15, 0.2) is 5.65 Å². The first kappa shape index (κ1) is 19.6. The van der Waals surface area contributed by atoms with Crippen molar-refractivity contribution in [3.63, 3.8) is 0 Å². The number of aromatic nitrogens is 2. The van der Waals surface area contributed by atoms with Crippen LogP contribution in [0.4, 0.5) is 0 Å². The molecule has 2 aromatic rings. The molecule has 0 radical (unpaired) electrons. The minimum absolute atomic E-state index is 0.112. The van der Waals surface area contributed by atoms with E-state index < -0.39 is 0 Å². The predicted molar refractivity (Wildman–Crippen MR) is 110 cm³/mol.